The van der Waals surface area contributed by atoms with Crippen LogP contribution in [0.5, 0.6) is 5.75 Å². The number of ether oxygens (including phenoxy) is 1. The van der Waals surface area contributed by atoms with Crippen molar-refractivity contribution < 1.29 is 9.53 Å². The van der Waals surface area contributed by atoms with Crippen LogP contribution in [0, 0.1) is 6.92 Å². The fraction of sp³-hybridized carbons (Fsp3) is 0.400. The zero-order chi connectivity index (χ0) is 21.4. The number of nitrogen functional groups attached to an aromatic ring is 1. The molecule has 0 atom stereocenters. The Balaban J connectivity index is 1.60. The molecule has 0 fully saturated rings. The molecular formula is C20H25N7O2S. The highest BCUT2D eigenvalue weighted by atomic mass is 32.1. The number of anilines is 1. The number of aromatic nitrogens is 4. The largest absolute Gasteiger partial charge is 0.489 e. The van der Waals surface area contributed by atoms with Crippen LogP contribution in [-0.4, -0.2) is 50.0 Å². The molecule has 1 aromatic carbocycles. The standard InChI is InChI=1S/C20H25N7O2S/c1-11(2)29-17-5-4-13(8-15(17)22)19-23-24-20(30-19)27-12(3)14-10-26(18(28)9-21)7-6-16(14)25-27/h4-5,8,11H,6-7,9-10,21-22H2,1-3H3. The highest BCUT2D eigenvalue weighted by molar-refractivity contribution is 7.17. The van der Waals surface area contributed by atoms with Gasteiger partial charge in [0.05, 0.1) is 24.0 Å². The molecule has 4 N–H and O–H groups in total. The highest BCUT2D eigenvalue weighted by Crippen LogP contribution is 2.33. The van der Waals surface area contributed by atoms with Crippen LogP contribution in [0.25, 0.3) is 15.7 Å². The van der Waals surface area contributed by atoms with Crippen molar-refractivity contribution in [2.75, 3.05) is 18.8 Å². The lowest BCUT2D eigenvalue weighted by atomic mass is 10.1. The van der Waals surface area contributed by atoms with E-state index in [1.54, 1.807) is 4.90 Å². The molecule has 0 saturated carbocycles. The lowest BCUT2D eigenvalue weighted by Crippen LogP contribution is -2.39. The molecular weight excluding hydrogens is 402 g/mol. The first-order valence-corrected chi connectivity index (χ1v) is 10.6. The third-order valence-electron chi connectivity index (χ3n) is 5.03. The van der Waals surface area contributed by atoms with Crippen LogP contribution in [0.15, 0.2) is 18.2 Å². The van der Waals surface area contributed by atoms with E-state index in [2.05, 4.69) is 10.2 Å². The van der Waals surface area contributed by atoms with E-state index < -0.39 is 0 Å². The molecule has 0 saturated heterocycles. The topological polar surface area (TPSA) is 125 Å². The molecule has 0 unspecified atom stereocenters. The van der Waals surface area contributed by atoms with Gasteiger partial charge in [0.2, 0.25) is 11.0 Å². The number of carbonyl (C=O) groups excluding carboxylic acids is 1. The second-order valence-corrected chi connectivity index (χ2v) is 8.46. The monoisotopic (exact) mass is 427 g/mol. The van der Waals surface area contributed by atoms with Gasteiger partial charge in [-0.2, -0.15) is 5.10 Å². The van der Waals surface area contributed by atoms with Crippen LogP contribution in [0.1, 0.15) is 30.8 Å². The first-order valence-electron chi connectivity index (χ1n) is 9.83. The van der Waals surface area contributed by atoms with Crippen molar-refractivity contribution in [2.45, 2.75) is 39.8 Å². The second kappa shape index (κ2) is 8.04. The Hall–Kier alpha value is -2.98. The van der Waals surface area contributed by atoms with Crippen LogP contribution in [0.4, 0.5) is 5.69 Å². The van der Waals surface area contributed by atoms with E-state index in [4.69, 9.17) is 21.3 Å². The summed E-state index contributed by atoms with van der Waals surface area (Å²) in [7, 11) is 0. The summed E-state index contributed by atoms with van der Waals surface area (Å²) in [4.78, 5) is 13.7. The summed E-state index contributed by atoms with van der Waals surface area (Å²) in [6.07, 6.45) is 0.755. The molecule has 9 nitrogen and oxygen atoms in total. The number of amides is 1. The maximum absolute atomic E-state index is 12.0. The van der Waals surface area contributed by atoms with Gasteiger partial charge >= 0.3 is 0 Å². The number of hydrogen-bond donors (Lipinski definition) is 2. The predicted molar refractivity (Wildman–Crippen MR) is 116 cm³/mol. The summed E-state index contributed by atoms with van der Waals surface area (Å²) >= 11 is 1.44. The Labute approximate surface area is 178 Å². The summed E-state index contributed by atoms with van der Waals surface area (Å²) in [6.45, 7) is 7.08. The minimum absolute atomic E-state index is 0.0202. The molecule has 158 valence electrons. The number of nitrogens with zero attached hydrogens (tertiary/aromatic N) is 5. The highest BCUT2D eigenvalue weighted by Gasteiger charge is 2.26. The summed E-state index contributed by atoms with van der Waals surface area (Å²) in [6, 6.07) is 5.63. The normalized spacial score (nSPS) is 13.6. The van der Waals surface area contributed by atoms with E-state index in [0.717, 1.165) is 27.5 Å². The van der Waals surface area contributed by atoms with E-state index in [1.165, 1.54) is 11.3 Å². The van der Waals surface area contributed by atoms with Crippen molar-refractivity contribution >= 4 is 22.9 Å². The molecule has 1 aliphatic heterocycles. The van der Waals surface area contributed by atoms with E-state index in [1.807, 2.05) is 43.7 Å². The van der Waals surface area contributed by atoms with E-state index in [-0.39, 0.29) is 18.6 Å². The molecule has 1 amide bonds. The maximum Gasteiger partial charge on any atom is 0.236 e. The van der Waals surface area contributed by atoms with Gasteiger partial charge in [-0.25, -0.2) is 4.68 Å². The second-order valence-electron chi connectivity index (χ2n) is 7.50. The summed E-state index contributed by atoms with van der Waals surface area (Å²) < 4.78 is 7.51. The SMILES string of the molecule is Cc1c2c(nn1-c1nnc(-c3ccc(OC(C)C)c(N)c3)s1)CCN(C(=O)CN)C2. The third kappa shape index (κ3) is 3.75. The Morgan fingerprint density at radius 1 is 1.33 bits per heavy atom. The van der Waals surface area contributed by atoms with Crippen molar-refractivity contribution in [1.29, 1.82) is 0 Å². The molecule has 30 heavy (non-hydrogen) atoms. The molecule has 0 spiro atoms. The van der Waals surface area contributed by atoms with Gasteiger partial charge in [0, 0.05) is 36.3 Å². The number of benzene rings is 1. The molecule has 0 radical (unpaired) electrons. The molecule has 0 aliphatic carbocycles. The van der Waals surface area contributed by atoms with Gasteiger partial charge in [-0.05, 0) is 39.0 Å². The van der Waals surface area contributed by atoms with Gasteiger partial charge in [-0.3, -0.25) is 4.79 Å². The van der Waals surface area contributed by atoms with Crippen LogP contribution >= 0.6 is 11.3 Å². The van der Waals surface area contributed by atoms with Gasteiger partial charge in [0.15, 0.2) is 0 Å². The zero-order valence-corrected chi connectivity index (χ0v) is 18.1. The lowest BCUT2D eigenvalue weighted by Gasteiger charge is -2.26. The van der Waals surface area contributed by atoms with Gasteiger partial charge in [-0.1, -0.05) is 11.3 Å². The minimum Gasteiger partial charge on any atom is -0.489 e. The van der Waals surface area contributed by atoms with Crippen molar-refractivity contribution in [1.82, 2.24) is 24.9 Å². The average Bonchev–Trinajstić information content (AvgIpc) is 3.33. The molecule has 10 heteroatoms. The molecule has 0 bridgehead atoms. The molecule has 4 rings (SSSR count). The maximum atomic E-state index is 12.0. The van der Waals surface area contributed by atoms with Crippen molar-refractivity contribution in [3.63, 3.8) is 0 Å². The smallest absolute Gasteiger partial charge is 0.236 e. The summed E-state index contributed by atoms with van der Waals surface area (Å²) in [5, 5.41) is 14.8. The Bertz CT molecular complexity index is 1090. The average molecular weight is 428 g/mol. The van der Waals surface area contributed by atoms with Crippen LogP contribution < -0.4 is 16.2 Å². The Morgan fingerprint density at radius 3 is 2.83 bits per heavy atom. The minimum atomic E-state index is -0.0477. The molecule has 3 heterocycles. The number of hydrogen-bond acceptors (Lipinski definition) is 8. The molecule has 3 aromatic rings. The van der Waals surface area contributed by atoms with Crippen LogP contribution in [0.3, 0.4) is 0 Å². The summed E-state index contributed by atoms with van der Waals surface area (Å²) in [5.74, 6) is 0.610. The van der Waals surface area contributed by atoms with Crippen LogP contribution in [0.2, 0.25) is 0 Å². The molecule has 1 aliphatic rings. The molecule has 2 aromatic heterocycles. The van der Waals surface area contributed by atoms with E-state index >= 15 is 0 Å². The first kappa shape index (κ1) is 20.3. The fourth-order valence-electron chi connectivity index (χ4n) is 3.50. The Kier molecular flexibility index (Phi) is 5.44. The van der Waals surface area contributed by atoms with Crippen molar-refractivity contribution in [2.24, 2.45) is 5.73 Å². The van der Waals surface area contributed by atoms with Gasteiger partial charge in [0.25, 0.3) is 0 Å². The fourth-order valence-corrected chi connectivity index (χ4v) is 4.34. The van der Waals surface area contributed by atoms with Gasteiger partial charge < -0.3 is 21.1 Å². The number of carbonyl (C=O) groups is 1. The first-order chi connectivity index (χ1) is 14.4. The van der Waals surface area contributed by atoms with E-state index in [9.17, 15) is 4.79 Å². The third-order valence-corrected chi connectivity index (χ3v) is 5.98. The zero-order valence-electron chi connectivity index (χ0n) is 17.3. The quantitative estimate of drug-likeness (QED) is 0.596. The number of fused-ring (bicyclic) bond motifs is 1. The predicted octanol–water partition coefficient (Wildman–Crippen LogP) is 1.91. The summed E-state index contributed by atoms with van der Waals surface area (Å²) in [5.41, 5.74) is 16.1. The lowest BCUT2D eigenvalue weighted by molar-refractivity contribution is -0.130. The number of rotatable bonds is 5. The van der Waals surface area contributed by atoms with Crippen molar-refractivity contribution in [3.05, 3.63) is 35.2 Å². The number of nitrogens with two attached hydrogens (primary N) is 2. The van der Waals surface area contributed by atoms with E-state index in [0.29, 0.717) is 36.1 Å². The Morgan fingerprint density at radius 2 is 2.13 bits per heavy atom. The van der Waals surface area contributed by atoms with Crippen LogP contribution in [-0.2, 0) is 17.8 Å². The van der Waals surface area contributed by atoms with Gasteiger partial charge in [0.1, 0.15) is 10.8 Å². The van der Waals surface area contributed by atoms with Crippen molar-refractivity contribution in [3.8, 4) is 21.5 Å². The van der Waals surface area contributed by atoms with Gasteiger partial charge in [-0.15, -0.1) is 10.2 Å².